The minimum atomic E-state index is -0.692. The average Bonchev–Trinajstić information content (AvgIpc) is 2.83. The minimum Gasteiger partial charge on any atom is -0.503 e. The maximum absolute atomic E-state index is 12.8. The highest BCUT2D eigenvalue weighted by Crippen LogP contribution is 2.42. The van der Waals surface area contributed by atoms with Gasteiger partial charge in [-0.15, -0.1) is 0 Å². The zero-order chi connectivity index (χ0) is 19.4. The molecule has 0 aromatic heterocycles. The summed E-state index contributed by atoms with van der Waals surface area (Å²) in [4.78, 5) is 26.9. The van der Waals surface area contributed by atoms with Crippen molar-refractivity contribution >= 4 is 11.7 Å². The third-order valence-electron chi connectivity index (χ3n) is 4.21. The first-order chi connectivity index (χ1) is 12.3. The van der Waals surface area contributed by atoms with E-state index in [1.54, 1.807) is 27.0 Å². The Morgan fingerprint density at radius 2 is 1.88 bits per heavy atom. The van der Waals surface area contributed by atoms with Crippen LogP contribution in [0, 0.1) is 5.92 Å². The summed E-state index contributed by atoms with van der Waals surface area (Å²) in [5.74, 6) is -1.05. The molecule has 1 aromatic carbocycles. The molecule has 0 saturated heterocycles. The van der Waals surface area contributed by atoms with Crippen molar-refractivity contribution in [1.29, 1.82) is 0 Å². The number of benzene rings is 1. The number of para-hydroxylation sites is 1. The predicted molar refractivity (Wildman–Crippen MR) is 98.0 cm³/mol. The SMILES string of the molecule is COCCN1C(=O)C(O)=C(C(=O)C(C)C)C1c1ccccc1OC(C)C. The monoisotopic (exact) mass is 361 g/mol. The number of aliphatic hydroxyl groups excluding tert-OH is 1. The first-order valence-corrected chi connectivity index (χ1v) is 8.82. The van der Waals surface area contributed by atoms with Crippen molar-refractivity contribution in [2.24, 2.45) is 5.92 Å². The highest BCUT2D eigenvalue weighted by Gasteiger charge is 2.44. The Bertz CT molecular complexity index is 708. The van der Waals surface area contributed by atoms with Gasteiger partial charge in [-0.2, -0.15) is 0 Å². The quantitative estimate of drug-likeness (QED) is 0.770. The molecule has 0 spiro atoms. The molecule has 1 aromatic rings. The fourth-order valence-electron chi connectivity index (χ4n) is 3.03. The molecular formula is C20H27NO5. The summed E-state index contributed by atoms with van der Waals surface area (Å²) in [5.41, 5.74) is 0.805. The summed E-state index contributed by atoms with van der Waals surface area (Å²) in [6, 6.07) is 6.60. The standard InChI is InChI=1S/C20H27NO5/c1-12(2)18(22)16-17(21(10-11-25-5)20(24)19(16)23)14-8-6-7-9-15(14)26-13(3)4/h6-9,12-13,17,23H,10-11H2,1-5H3. The molecule has 1 atom stereocenters. The molecule has 1 aliphatic heterocycles. The molecule has 2 rings (SSSR count). The van der Waals surface area contributed by atoms with Crippen molar-refractivity contribution < 1.29 is 24.2 Å². The van der Waals surface area contributed by atoms with E-state index in [0.717, 1.165) is 0 Å². The van der Waals surface area contributed by atoms with Gasteiger partial charge in [-0.25, -0.2) is 0 Å². The van der Waals surface area contributed by atoms with E-state index in [0.29, 0.717) is 17.9 Å². The number of ether oxygens (including phenoxy) is 2. The smallest absolute Gasteiger partial charge is 0.290 e. The topological polar surface area (TPSA) is 76.1 Å². The van der Waals surface area contributed by atoms with Gasteiger partial charge in [0.15, 0.2) is 11.5 Å². The van der Waals surface area contributed by atoms with Gasteiger partial charge in [0, 0.05) is 25.1 Å². The van der Waals surface area contributed by atoms with Gasteiger partial charge in [0.1, 0.15) is 5.75 Å². The second kappa shape index (κ2) is 8.36. The first kappa shape index (κ1) is 20.0. The lowest BCUT2D eigenvalue weighted by Crippen LogP contribution is -2.34. The molecule has 1 unspecified atom stereocenters. The Hall–Kier alpha value is -2.34. The molecule has 1 aliphatic rings. The van der Waals surface area contributed by atoms with E-state index in [9.17, 15) is 14.7 Å². The zero-order valence-corrected chi connectivity index (χ0v) is 16.0. The van der Waals surface area contributed by atoms with Crippen LogP contribution in [0.3, 0.4) is 0 Å². The number of carbonyl (C=O) groups excluding carboxylic acids is 2. The maximum atomic E-state index is 12.8. The lowest BCUT2D eigenvalue weighted by molar-refractivity contribution is -0.130. The van der Waals surface area contributed by atoms with E-state index in [-0.39, 0.29) is 29.9 Å². The van der Waals surface area contributed by atoms with Crippen LogP contribution in [0.4, 0.5) is 0 Å². The fraction of sp³-hybridized carbons (Fsp3) is 0.500. The predicted octanol–water partition coefficient (Wildman–Crippen LogP) is 3.04. The molecule has 0 aliphatic carbocycles. The molecule has 26 heavy (non-hydrogen) atoms. The Kier molecular flexibility index (Phi) is 6.42. The maximum Gasteiger partial charge on any atom is 0.290 e. The van der Waals surface area contributed by atoms with Crippen molar-refractivity contribution in [3.63, 3.8) is 0 Å². The normalized spacial score (nSPS) is 17.6. The van der Waals surface area contributed by atoms with Crippen LogP contribution in [0.15, 0.2) is 35.6 Å². The van der Waals surface area contributed by atoms with Crippen molar-refractivity contribution in [1.82, 2.24) is 4.90 Å². The number of hydrogen-bond donors (Lipinski definition) is 1. The van der Waals surface area contributed by atoms with Crippen LogP contribution < -0.4 is 4.74 Å². The van der Waals surface area contributed by atoms with E-state index >= 15 is 0 Å². The van der Waals surface area contributed by atoms with Crippen LogP contribution in [0.5, 0.6) is 5.75 Å². The number of hydrogen-bond acceptors (Lipinski definition) is 5. The second-order valence-electron chi connectivity index (χ2n) is 6.88. The van der Waals surface area contributed by atoms with Gasteiger partial charge in [-0.05, 0) is 19.9 Å². The Morgan fingerprint density at radius 1 is 1.23 bits per heavy atom. The number of rotatable bonds is 8. The molecule has 6 heteroatoms. The van der Waals surface area contributed by atoms with Gasteiger partial charge in [0.05, 0.1) is 24.3 Å². The van der Waals surface area contributed by atoms with Crippen molar-refractivity contribution in [2.75, 3.05) is 20.3 Å². The molecule has 0 bridgehead atoms. The summed E-state index contributed by atoms with van der Waals surface area (Å²) in [6.07, 6.45) is -0.0671. The lowest BCUT2D eigenvalue weighted by atomic mass is 9.91. The van der Waals surface area contributed by atoms with Crippen LogP contribution in [-0.2, 0) is 14.3 Å². The third-order valence-corrected chi connectivity index (χ3v) is 4.21. The number of aliphatic hydroxyl groups is 1. The van der Waals surface area contributed by atoms with E-state index in [4.69, 9.17) is 9.47 Å². The van der Waals surface area contributed by atoms with Gasteiger partial charge in [0.2, 0.25) is 0 Å². The molecule has 142 valence electrons. The number of methoxy groups -OCH3 is 1. The molecule has 0 saturated carbocycles. The number of carbonyl (C=O) groups is 2. The number of Topliss-reactive ketones (excluding diaryl/α,β-unsaturated/α-hetero) is 1. The van der Waals surface area contributed by atoms with E-state index in [2.05, 4.69) is 0 Å². The zero-order valence-electron chi connectivity index (χ0n) is 16.0. The van der Waals surface area contributed by atoms with Gasteiger partial charge >= 0.3 is 0 Å². The molecule has 1 amide bonds. The largest absolute Gasteiger partial charge is 0.503 e. The summed E-state index contributed by atoms with van der Waals surface area (Å²) < 4.78 is 11.0. The summed E-state index contributed by atoms with van der Waals surface area (Å²) >= 11 is 0. The minimum absolute atomic E-state index is 0.0671. The van der Waals surface area contributed by atoms with Gasteiger partial charge in [0.25, 0.3) is 5.91 Å². The summed E-state index contributed by atoms with van der Waals surface area (Å²) in [6.45, 7) is 7.87. The van der Waals surface area contributed by atoms with Crippen LogP contribution in [0.1, 0.15) is 39.3 Å². The number of ketones is 1. The highest BCUT2D eigenvalue weighted by atomic mass is 16.5. The van der Waals surface area contributed by atoms with Gasteiger partial charge in [-0.3, -0.25) is 9.59 Å². The van der Waals surface area contributed by atoms with Crippen molar-refractivity contribution in [3.05, 3.63) is 41.2 Å². The van der Waals surface area contributed by atoms with E-state index < -0.39 is 17.7 Å². The van der Waals surface area contributed by atoms with Gasteiger partial charge < -0.3 is 19.5 Å². The molecule has 0 radical (unpaired) electrons. The van der Waals surface area contributed by atoms with Crippen LogP contribution in [0.25, 0.3) is 0 Å². The fourth-order valence-corrected chi connectivity index (χ4v) is 3.03. The van der Waals surface area contributed by atoms with Crippen molar-refractivity contribution in [2.45, 2.75) is 39.8 Å². The van der Waals surface area contributed by atoms with E-state index in [1.807, 2.05) is 32.0 Å². The summed E-state index contributed by atoms with van der Waals surface area (Å²) in [5, 5.41) is 10.4. The molecule has 1 N–H and O–H groups in total. The van der Waals surface area contributed by atoms with Crippen molar-refractivity contribution in [3.8, 4) is 5.75 Å². The van der Waals surface area contributed by atoms with Crippen LogP contribution in [-0.4, -0.2) is 48.1 Å². The van der Waals surface area contributed by atoms with Crippen LogP contribution in [0.2, 0.25) is 0 Å². The third kappa shape index (κ3) is 3.90. The number of amides is 1. The molecule has 6 nitrogen and oxygen atoms in total. The molecule has 0 fully saturated rings. The first-order valence-electron chi connectivity index (χ1n) is 8.82. The Labute approximate surface area is 154 Å². The van der Waals surface area contributed by atoms with Crippen LogP contribution >= 0.6 is 0 Å². The molecule has 1 heterocycles. The second-order valence-corrected chi connectivity index (χ2v) is 6.88. The Morgan fingerprint density at radius 3 is 2.46 bits per heavy atom. The molecular weight excluding hydrogens is 334 g/mol. The lowest BCUT2D eigenvalue weighted by Gasteiger charge is -2.28. The summed E-state index contributed by atoms with van der Waals surface area (Å²) in [7, 11) is 1.54. The Balaban J connectivity index is 2.58. The number of nitrogens with zero attached hydrogens (tertiary/aromatic N) is 1. The average molecular weight is 361 g/mol. The highest BCUT2D eigenvalue weighted by molar-refractivity contribution is 6.09. The van der Waals surface area contributed by atoms with Gasteiger partial charge in [-0.1, -0.05) is 32.0 Å². The van der Waals surface area contributed by atoms with E-state index in [1.165, 1.54) is 4.90 Å².